The third kappa shape index (κ3) is 2.85. The van der Waals surface area contributed by atoms with Crippen LogP contribution in [-0.2, 0) is 4.74 Å². The predicted octanol–water partition coefficient (Wildman–Crippen LogP) is 2.34. The summed E-state index contributed by atoms with van der Waals surface area (Å²) in [5.41, 5.74) is 6.99. The predicted molar refractivity (Wildman–Crippen MR) is 73.7 cm³/mol. The molecular weight excluding hydrogens is 258 g/mol. The molecule has 2 N–H and O–H groups in total. The number of carbonyl (C=O) groups excluding carboxylic acids is 1. The van der Waals surface area contributed by atoms with Crippen molar-refractivity contribution in [2.75, 3.05) is 12.3 Å². The summed E-state index contributed by atoms with van der Waals surface area (Å²) in [5, 5.41) is 0. The highest BCUT2D eigenvalue weighted by molar-refractivity contribution is 5.96. The molecule has 2 aromatic heterocycles. The number of anilines is 1. The van der Waals surface area contributed by atoms with Gasteiger partial charge in [0, 0.05) is 12.4 Å². The molecule has 2 rings (SSSR count). The maximum atomic E-state index is 11.7. The van der Waals surface area contributed by atoms with Crippen LogP contribution in [0.2, 0.25) is 0 Å². The van der Waals surface area contributed by atoms with E-state index in [0.29, 0.717) is 11.4 Å². The van der Waals surface area contributed by atoms with Gasteiger partial charge < -0.3 is 15.2 Å². The second-order valence-electron chi connectivity index (χ2n) is 3.99. The summed E-state index contributed by atoms with van der Waals surface area (Å²) in [6.07, 6.45) is 3.11. The zero-order valence-electron chi connectivity index (χ0n) is 11.3. The highest BCUT2D eigenvalue weighted by Gasteiger charge is 2.16. The molecule has 0 radical (unpaired) electrons. The van der Waals surface area contributed by atoms with Crippen molar-refractivity contribution in [1.82, 2.24) is 9.97 Å². The smallest absolute Gasteiger partial charge is 0.340 e. The van der Waals surface area contributed by atoms with Crippen LogP contribution in [0.3, 0.4) is 0 Å². The number of nitrogens with zero attached hydrogens (tertiary/aromatic N) is 2. The molecule has 0 aromatic carbocycles. The molecule has 0 unspecified atom stereocenters. The number of aromatic nitrogens is 2. The minimum atomic E-state index is -0.500. The lowest BCUT2D eigenvalue weighted by Crippen LogP contribution is -2.09. The van der Waals surface area contributed by atoms with E-state index in [4.69, 9.17) is 15.2 Å². The molecule has 0 saturated heterocycles. The van der Waals surface area contributed by atoms with Gasteiger partial charge in [-0.1, -0.05) is 0 Å². The van der Waals surface area contributed by atoms with Crippen LogP contribution >= 0.6 is 0 Å². The van der Waals surface area contributed by atoms with E-state index >= 15 is 0 Å². The Morgan fingerprint density at radius 1 is 1.30 bits per heavy atom. The Kier molecular flexibility index (Phi) is 4.14. The summed E-state index contributed by atoms with van der Waals surface area (Å²) in [6, 6.07) is 4.99. The lowest BCUT2D eigenvalue weighted by Gasteiger charge is -2.11. The summed E-state index contributed by atoms with van der Waals surface area (Å²) in [6.45, 7) is 3.81. The highest BCUT2D eigenvalue weighted by Crippen LogP contribution is 2.29. The van der Waals surface area contributed by atoms with Crippen LogP contribution in [0, 0.1) is 6.92 Å². The third-order valence-electron chi connectivity index (χ3n) is 2.61. The van der Waals surface area contributed by atoms with Crippen LogP contribution in [0.25, 0.3) is 0 Å². The van der Waals surface area contributed by atoms with Gasteiger partial charge in [0.15, 0.2) is 5.75 Å². The number of pyridine rings is 2. The Bertz CT molecular complexity index is 629. The van der Waals surface area contributed by atoms with E-state index in [2.05, 4.69) is 9.97 Å². The minimum absolute atomic E-state index is 0.147. The van der Waals surface area contributed by atoms with Crippen LogP contribution < -0.4 is 10.5 Å². The molecule has 0 amide bonds. The fourth-order valence-electron chi connectivity index (χ4n) is 1.60. The standard InChI is InChI=1S/C14H15N3O3/c1-3-19-14(18)10-6-8-17-13(12(10)15)20-11-5-4-7-16-9(11)2/h4-8H,3,15H2,1-2H3. The number of nitrogens with two attached hydrogens (primary N) is 1. The van der Waals surface area contributed by atoms with Crippen LogP contribution in [0.1, 0.15) is 23.0 Å². The van der Waals surface area contributed by atoms with Crippen molar-refractivity contribution in [2.24, 2.45) is 0 Å². The van der Waals surface area contributed by atoms with E-state index in [9.17, 15) is 4.79 Å². The molecular formula is C14H15N3O3. The Morgan fingerprint density at radius 2 is 2.10 bits per heavy atom. The molecule has 0 aliphatic heterocycles. The second-order valence-corrected chi connectivity index (χ2v) is 3.99. The second kappa shape index (κ2) is 6.01. The molecule has 104 valence electrons. The van der Waals surface area contributed by atoms with Gasteiger partial charge >= 0.3 is 5.97 Å². The van der Waals surface area contributed by atoms with Gasteiger partial charge in [-0.15, -0.1) is 0 Å². The molecule has 0 bridgehead atoms. The molecule has 0 saturated carbocycles. The Hall–Kier alpha value is -2.63. The van der Waals surface area contributed by atoms with Crippen LogP contribution in [-0.4, -0.2) is 22.5 Å². The third-order valence-corrected chi connectivity index (χ3v) is 2.61. The molecule has 0 fully saturated rings. The summed E-state index contributed by atoms with van der Waals surface area (Å²) in [7, 11) is 0. The van der Waals surface area contributed by atoms with E-state index in [1.165, 1.54) is 12.3 Å². The molecule has 2 aromatic rings. The topological polar surface area (TPSA) is 87.3 Å². The zero-order chi connectivity index (χ0) is 14.5. The van der Waals surface area contributed by atoms with Gasteiger partial charge in [-0.3, -0.25) is 4.98 Å². The number of nitrogen functional groups attached to an aromatic ring is 1. The maximum Gasteiger partial charge on any atom is 0.340 e. The van der Waals surface area contributed by atoms with Crippen molar-refractivity contribution in [3.8, 4) is 11.6 Å². The number of aryl methyl sites for hydroxylation is 1. The zero-order valence-corrected chi connectivity index (χ0v) is 11.3. The average Bonchev–Trinajstić information content (AvgIpc) is 2.43. The number of hydrogen-bond acceptors (Lipinski definition) is 6. The average molecular weight is 273 g/mol. The van der Waals surface area contributed by atoms with Crippen LogP contribution in [0.15, 0.2) is 30.6 Å². The number of hydrogen-bond donors (Lipinski definition) is 1. The molecule has 0 atom stereocenters. The van der Waals surface area contributed by atoms with Gasteiger partial charge in [0.25, 0.3) is 0 Å². The molecule has 6 nitrogen and oxygen atoms in total. The highest BCUT2D eigenvalue weighted by atomic mass is 16.5. The van der Waals surface area contributed by atoms with Crippen molar-refractivity contribution in [1.29, 1.82) is 0 Å². The molecule has 2 heterocycles. The van der Waals surface area contributed by atoms with Crippen molar-refractivity contribution in [3.63, 3.8) is 0 Å². The molecule has 0 spiro atoms. The van der Waals surface area contributed by atoms with E-state index in [0.717, 1.165) is 0 Å². The van der Waals surface area contributed by atoms with Crippen molar-refractivity contribution >= 4 is 11.7 Å². The fraction of sp³-hybridized carbons (Fsp3) is 0.214. The quantitative estimate of drug-likeness (QED) is 0.860. The fourth-order valence-corrected chi connectivity index (χ4v) is 1.60. The van der Waals surface area contributed by atoms with E-state index in [1.807, 2.05) is 0 Å². The molecule has 20 heavy (non-hydrogen) atoms. The maximum absolute atomic E-state index is 11.7. The number of esters is 1. The first-order valence-electron chi connectivity index (χ1n) is 6.14. The lowest BCUT2D eigenvalue weighted by molar-refractivity contribution is 0.0527. The number of carbonyl (C=O) groups is 1. The normalized spacial score (nSPS) is 10.1. The van der Waals surface area contributed by atoms with Crippen molar-refractivity contribution in [2.45, 2.75) is 13.8 Å². The van der Waals surface area contributed by atoms with Gasteiger partial charge in [0.1, 0.15) is 5.69 Å². The van der Waals surface area contributed by atoms with Gasteiger partial charge in [0.05, 0.1) is 17.9 Å². The van der Waals surface area contributed by atoms with Gasteiger partial charge in [0.2, 0.25) is 5.88 Å². The first-order chi connectivity index (χ1) is 9.63. The number of rotatable bonds is 4. The monoisotopic (exact) mass is 273 g/mol. The lowest BCUT2D eigenvalue weighted by atomic mass is 10.2. The molecule has 0 aliphatic rings. The SMILES string of the molecule is CCOC(=O)c1ccnc(Oc2cccnc2C)c1N. The summed E-state index contributed by atoms with van der Waals surface area (Å²) >= 11 is 0. The van der Waals surface area contributed by atoms with Gasteiger partial charge in [-0.05, 0) is 32.0 Å². The van der Waals surface area contributed by atoms with E-state index < -0.39 is 5.97 Å². The summed E-state index contributed by atoms with van der Waals surface area (Å²) in [4.78, 5) is 19.9. The Balaban J connectivity index is 2.32. The van der Waals surface area contributed by atoms with E-state index in [-0.39, 0.29) is 23.7 Å². The summed E-state index contributed by atoms with van der Waals surface area (Å²) in [5.74, 6) is 0.194. The largest absolute Gasteiger partial charge is 0.462 e. The Labute approximate surface area is 116 Å². The van der Waals surface area contributed by atoms with Gasteiger partial charge in [-0.2, -0.15) is 0 Å². The van der Waals surface area contributed by atoms with Crippen molar-refractivity contribution < 1.29 is 14.3 Å². The first kappa shape index (κ1) is 13.8. The van der Waals surface area contributed by atoms with Gasteiger partial charge in [-0.25, -0.2) is 9.78 Å². The van der Waals surface area contributed by atoms with Crippen LogP contribution in [0.4, 0.5) is 5.69 Å². The number of ether oxygens (including phenoxy) is 2. The summed E-state index contributed by atoms with van der Waals surface area (Å²) < 4.78 is 10.5. The van der Waals surface area contributed by atoms with Crippen LogP contribution in [0.5, 0.6) is 11.6 Å². The molecule has 0 aliphatic carbocycles. The first-order valence-corrected chi connectivity index (χ1v) is 6.14. The van der Waals surface area contributed by atoms with E-state index in [1.54, 1.807) is 32.2 Å². The van der Waals surface area contributed by atoms with Crippen molar-refractivity contribution in [3.05, 3.63) is 41.9 Å². The minimum Gasteiger partial charge on any atom is -0.462 e. The molecule has 6 heteroatoms. The Morgan fingerprint density at radius 3 is 2.80 bits per heavy atom.